The number of carboxylic acids is 1. The average molecular weight is 235 g/mol. The van der Waals surface area contributed by atoms with Crippen LogP contribution in [0.4, 0.5) is 5.82 Å². The molecule has 17 heavy (non-hydrogen) atoms. The predicted octanol–water partition coefficient (Wildman–Crippen LogP) is 1.39. The van der Waals surface area contributed by atoms with Crippen LogP contribution in [0.15, 0.2) is 6.20 Å². The Morgan fingerprint density at radius 3 is 2.65 bits per heavy atom. The third-order valence-electron chi connectivity index (χ3n) is 3.19. The number of carboxylic acid groups (broad SMARTS) is 1. The summed E-state index contributed by atoms with van der Waals surface area (Å²) in [5.74, 6) is 0.00913. The van der Waals surface area contributed by atoms with Gasteiger partial charge in [-0.05, 0) is 26.7 Å². The highest BCUT2D eigenvalue weighted by atomic mass is 16.4. The van der Waals surface area contributed by atoms with Crippen LogP contribution < -0.4 is 4.90 Å². The normalized spacial score (nSPS) is 17.2. The van der Waals surface area contributed by atoms with Crippen molar-refractivity contribution in [2.75, 3.05) is 18.0 Å². The first-order chi connectivity index (χ1) is 8.08. The minimum Gasteiger partial charge on any atom is -0.481 e. The molecule has 1 aliphatic heterocycles. The highest BCUT2D eigenvalue weighted by molar-refractivity contribution is 5.70. The van der Waals surface area contributed by atoms with Crippen LogP contribution in [-0.4, -0.2) is 34.1 Å². The van der Waals surface area contributed by atoms with Crippen molar-refractivity contribution >= 4 is 11.8 Å². The summed E-state index contributed by atoms with van der Waals surface area (Å²) in [6, 6.07) is 0. The van der Waals surface area contributed by atoms with Gasteiger partial charge in [0.1, 0.15) is 5.82 Å². The molecule has 1 fully saturated rings. The number of hydrogen-bond donors (Lipinski definition) is 1. The third kappa shape index (κ3) is 2.54. The molecule has 0 unspecified atom stereocenters. The maximum atomic E-state index is 10.9. The molecule has 0 aromatic carbocycles. The summed E-state index contributed by atoms with van der Waals surface area (Å²) in [6.45, 7) is 5.34. The van der Waals surface area contributed by atoms with Crippen molar-refractivity contribution in [1.82, 2.24) is 9.97 Å². The van der Waals surface area contributed by atoms with Crippen LogP contribution in [0.25, 0.3) is 0 Å². The second-order valence-corrected chi connectivity index (χ2v) is 4.52. The Morgan fingerprint density at radius 2 is 2.06 bits per heavy atom. The number of aromatic nitrogens is 2. The van der Waals surface area contributed by atoms with Gasteiger partial charge in [0.2, 0.25) is 0 Å². The van der Waals surface area contributed by atoms with E-state index in [0.29, 0.717) is 12.8 Å². The van der Waals surface area contributed by atoms with E-state index in [1.54, 1.807) is 6.20 Å². The van der Waals surface area contributed by atoms with E-state index in [9.17, 15) is 4.79 Å². The van der Waals surface area contributed by atoms with Crippen molar-refractivity contribution in [1.29, 1.82) is 0 Å². The van der Waals surface area contributed by atoms with E-state index in [0.717, 1.165) is 30.3 Å². The summed E-state index contributed by atoms with van der Waals surface area (Å²) >= 11 is 0. The van der Waals surface area contributed by atoms with Gasteiger partial charge in [-0.3, -0.25) is 9.78 Å². The Balaban J connectivity index is 2.10. The first-order valence-corrected chi connectivity index (χ1v) is 5.86. The predicted molar refractivity (Wildman–Crippen MR) is 64.1 cm³/mol. The quantitative estimate of drug-likeness (QED) is 0.839. The molecule has 5 heteroatoms. The van der Waals surface area contributed by atoms with E-state index in [-0.39, 0.29) is 5.92 Å². The minimum atomic E-state index is -0.684. The molecular weight excluding hydrogens is 218 g/mol. The molecule has 92 valence electrons. The van der Waals surface area contributed by atoms with Crippen LogP contribution in [0.5, 0.6) is 0 Å². The van der Waals surface area contributed by atoms with E-state index in [1.807, 2.05) is 13.8 Å². The van der Waals surface area contributed by atoms with Crippen molar-refractivity contribution in [3.63, 3.8) is 0 Å². The maximum Gasteiger partial charge on any atom is 0.306 e. The van der Waals surface area contributed by atoms with Gasteiger partial charge in [0.25, 0.3) is 0 Å². The number of aliphatic carboxylic acids is 1. The molecule has 0 spiro atoms. The molecule has 2 rings (SSSR count). The molecule has 0 bridgehead atoms. The lowest BCUT2D eigenvalue weighted by Gasteiger charge is -2.31. The zero-order valence-electron chi connectivity index (χ0n) is 10.2. The first kappa shape index (κ1) is 11.8. The summed E-state index contributed by atoms with van der Waals surface area (Å²) in [5.41, 5.74) is 1.80. The van der Waals surface area contributed by atoms with Gasteiger partial charge in [0.05, 0.1) is 17.3 Å². The molecule has 2 heterocycles. The molecule has 0 aliphatic carbocycles. The summed E-state index contributed by atoms with van der Waals surface area (Å²) < 4.78 is 0. The lowest BCUT2D eigenvalue weighted by Crippen LogP contribution is -2.37. The highest BCUT2D eigenvalue weighted by Gasteiger charge is 2.25. The molecule has 0 saturated carbocycles. The average Bonchev–Trinajstić information content (AvgIpc) is 2.32. The van der Waals surface area contributed by atoms with Crippen LogP contribution in [-0.2, 0) is 4.79 Å². The number of rotatable bonds is 2. The van der Waals surface area contributed by atoms with E-state index < -0.39 is 5.97 Å². The maximum absolute atomic E-state index is 10.9. The van der Waals surface area contributed by atoms with Crippen LogP contribution in [0.1, 0.15) is 24.2 Å². The van der Waals surface area contributed by atoms with Crippen molar-refractivity contribution in [3.05, 3.63) is 17.6 Å². The molecule has 0 amide bonds. The van der Waals surface area contributed by atoms with E-state index in [2.05, 4.69) is 14.9 Å². The van der Waals surface area contributed by atoms with Gasteiger partial charge in [-0.25, -0.2) is 4.98 Å². The van der Waals surface area contributed by atoms with Gasteiger partial charge >= 0.3 is 5.97 Å². The Bertz CT molecular complexity index is 426. The monoisotopic (exact) mass is 235 g/mol. The van der Waals surface area contributed by atoms with Crippen LogP contribution in [0.2, 0.25) is 0 Å². The smallest absolute Gasteiger partial charge is 0.306 e. The van der Waals surface area contributed by atoms with E-state index in [4.69, 9.17) is 5.11 Å². The second kappa shape index (κ2) is 4.69. The van der Waals surface area contributed by atoms with Crippen LogP contribution in [0, 0.1) is 19.8 Å². The van der Waals surface area contributed by atoms with Gasteiger partial charge in [-0.15, -0.1) is 0 Å². The summed E-state index contributed by atoms with van der Waals surface area (Å²) in [7, 11) is 0. The number of piperidine rings is 1. The van der Waals surface area contributed by atoms with Crippen molar-refractivity contribution in [2.24, 2.45) is 5.92 Å². The number of hydrogen-bond acceptors (Lipinski definition) is 4. The Labute approximate surface area is 100 Å². The fourth-order valence-corrected chi connectivity index (χ4v) is 2.16. The molecule has 1 saturated heterocycles. The van der Waals surface area contributed by atoms with Gasteiger partial charge in [-0.1, -0.05) is 0 Å². The third-order valence-corrected chi connectivity index (χ3v) is 3.19. The van der Waals surface area contributed by atoms with Crippen molar-refractivity contribution < 1.29 is 9.90 Å². The fraction of sp³-hybridized carbons (Fsp3) is 0.583. The Morgan fingerprint density at radius 1 is 1.41 bits per heavy atom. The first-order valence-electron chi connectivity index (χ1n) is 5.86. The summed E-state index contributed by atoms with van der Waals surface area (Å²) in [4.78, 5) is 21.8. The largest absolute Gasteiger partial charge is 0.481 e. The topological polar surface area (TPSA) is 66.3 Å². The molecular formula is C12H17N3O2. The van der Waals surface area contributed by atoms with Gasteiger partial charge in [0, 0.05) is 19.3 Å². The number of carbonyl (C=O) groups is 1. The lowest BCUT2D eigenvalue weighted by atomic mass is 9.97. The van der Waals surface area contributed by atoms with Gasteiger partial charge in [-0.2, -0.15) is 0 Å². The number of aryl methyl sites for hydroxylation is 2. The fourth-order valence-electron chi connectivity index (χ4n) is 2.16. The highest BCUT2D eigenvalue weighted by Crippen LogP contribution is 2.23. The standard InChI is InChI=1S/C12H17N3O2/c1-8-7-13-9(2)11(14-8)15-5-3-10(4-6-15)12(16)17/h7,10H,3-6H2,1-2H3,(H,16,17). The molecule has 1 aromatic heterocycles. The number of nitrogens with zero attached hydrogens (tertiary/aromatic N) is 3. The van der Waals surface area contributed by atoms with Crippen LogP contribution >= 0.6 is 0 Å². The summed E-state index contributed by atoms with van der Waals surface area (Å²) in [5, 5.41) is 8.95. The zero-order valence-corrected chi connectivity index (χ0v) is 10.2. The van der Waals surface area contributed by atoms with Crippen molar-refractivity contribution in [2.45, 2.75) is 26.7 Å². The zero-order chi connectivity index (χ0) is 12.4. The molecule has 0 radical (unpaired) electrons. The Hall–Kier alpha value is -1.65. The minimum absolute atomic E-state index is 0.204. The van der Waals surface area contributed by atoms with E-state index >= 15 is 0 Å². The number of anilines is 1. The molecule has 1 N–H and O–H groups in total. The lowest BCUT2D eigenvalue weighted by molar-refractivity contribution is -0.142. The molecule has 0 atom stereocenters. The second-order valence-electron chi connectivity index (χ2n) is 4.52. The molecule has 1 aliphatic rings. The van der Waals surface area contributed by atoms with Crippen molar-refractivity contribution in [3.8, 4) is 0 Å². The summed E-state index contributed by atoms with van der Waals surface area (Å²) in [6.07, 6.45) is 3.12. The van der Waals surface area contributed by atoms with E-state index in [1.165, 1.54) is 0 Å². The van der Waals surface area contributed by atoms with Gasteiger partial charge < -0.3 is 10.0 Å². The Kier molecular flexibility index (Phi) is 3.26. The van der Waals surface area contributed by atoms with Crippen LogP contribution in [0.3, 0.4) is 0 Å². The molecule has 5 nitrogen and oxygen atoms in total. The SMILES string of the molecule is Cc1cnc(C)c(N2CCC(C(=O)O)CC2)n1. The van der Waals surface area contributed by atoms with Gasteiger partial charge in [0.15, 0.2) is 0 Å². The molecule has 1 aromatic rings.